The highest BCUT2D eigenvalue weighted by Gasteiger charge is 2.33. The van der Waals surface area contributed by atoms with Crippen molar-refractivity contribution in [2.24, 2.45) is 0 Å². The minimum absolute atomic E-state index is 0.110. The fraction of sp³-hybridized carbons (Fsp3) is 0.111. The molecule has 38 heavy (non-hydrogen) atoms. The maximum absolute atomic E-state index is 13.5. The second-order valence-electron chi connectivity index (χ2n) is 8.62. The van der Waals surface area contributed by atoms with E-state index in [2.05, 4.69) is 20.8 Å². The molecular weight excluding hydrogens is 508 g/mol. The lowest BCUT2D eigenvalue weighted by atomic mass is 9.93. The van der Waals surface area contributed by atoms with E-state index in [0.717, 1.165) is 11.1 Å². The fourth-order valence-corrected chi connectivity index (χ4v) is 4.49. The molecule has 190 valence electrons. The van der Waals surface area contributed by atoms with Gasteiger partial charge in [0.15, 0.2) is 0 Å². The van der Waals surface area contributed by atoms with Gasteiger partial charge in [-0.2, -0.15) is 4.68 Å². The first-order valence-corrected chi connectivity index (χ1v) is 12.0. The summed E-state index contributed by atoms with van der Waals surface area (Å²) in [4.78, 5) is 39.5. The Morgan fingerprint density at radius 2 is 1.79 bits per heavy atom. The molecule has 1 aliphatic rings. The molecular formula is C27H21ClN6O4. The number of nitrogens with one attached hydrogen (secondary N) is 1. The van der Waals surface area contributed by atoms with Crippen LogP contribution in [-0.2, 0) is 22.6 Å². The number of benzene rings is 3. The van der Waals surface area contributed by atoms with Crippen molar-refractivity contribution in [1.82, 2.24) is 25.1 Å². The lowest BCUT2D eigenvalue weighted by Gasteiger charge is -2.35. The van der Waals surface area contributed by atoms with Gasteiger partial charge in [0.05, 0.1) is 11.3 Å². The average molecular weight is 529 g/mol. The number of tetrazole rings is 1. The predicted octanol–water partition coefficient (Wildman–Crippen LogP) is 3.62. The summed E-state index contributed by atoms with van der Waals surface area (Å²) >= 11 is 6.19. The Labute approximate surface area is 222 Å². The van der Waals surface area contributed by atoms with Crippen LogP contribution in [0.4, 0.5) is 5.69 Å². The molecule has 1 aromatic heterocycles. The van der Waals surface area contributed by atoms with Crippen LogP contribution in [0.3, 0.4) is 0 Å². The molecule has 11 heteroatoms. The molecule has 0 spiro atoms. The van der Waals surface area contributed by atoms with E-state index >= 15 is 0 Å². The van der Waals surface area contributed by atoms with Gasteiger partial charge in [0.1, 0.15) is 12.4 Å². The van der Waals surface area contributed by atoms with Crippen LogP contribution in [0.2, 0.25) is 5.02 Å². The SMILES string of the molecule is O=C(O)c1ccc(NC(=O)C2Cc3ccccc3CN2C(=O)/C=C/c2cc(Cl)ccc2-n2cnnn2)cc1. The number of carboxylic acid groups (broad SMARTS) is 1. The van der Waals surface area contributed by atoms with Gasteiger partial charge in [-0.1, -0.05) is 35.9 Å². The third-order valence-electron chi connectivity index (χ3n) is 6.22. The third kappa shape index (κ3) is 5.30. The molecule has 2 N–H and O–H groups in total. The van der Waals surface area contributed by atoms with E-state index < -0.39 is 12.0 Å². The lowest BCUT2D eigenvalue weighted by molar-refractivity contribution is -0.135. The van der Waals surface area contributed by atoms with Crippen LogP contribution in [0.5, 0.6) is 0 Å². The lowest BCUT2D eigenvalue weighted by Crippen LogP contribution is -2.50. The third-order valence-corrected chi connectivity index (χ3v) is 6.46. The van der Waals surface area contributed by atoms with Crippen molar-refractivity contribution in [2.75, 3.05) is 5.32 Å². The van der Waals surface area contributed by atoms with Crippen molar-refractivity contribution < 1.29 is 19.5 Å². The maximum Gasteiger partial charge on any atom is 0.335 e. The summed E-state index contributed by atoms with van der Waals surface area (Å²) in [5, 5.41) is 23.6. The number of rotatable bonds is 6. The molecule has 5 rings (SSSR count). The van der Waals surface area contributed by atoms with Crippen LogP contribution in [-0.4, -0.2) is 54.0 Å². The van der Waals surface area contributed by atoms with E-state index in [1.54, 1.807) is 24.3 Å². The quantitative estimate of drug-likeness (QED) is 0.365. The molecule has 3 aromatic carbocycles. The summed E-state index contributed by atoms with van der Waals surface area (Å²) in [5.74, 6) is -1.79. The highest BCUT2D eigenvalue weighted by Crippen LogP contribution is 2.26. The van der Waals surface area contributed by atoms with E-state index in [9.17, 15) is 14.4 Å². The smallest absolute Gasteiger partial charge is 0.335 e. The van der Waals surface area contributed by atoms with Crippen LogP contribution in [0.15, 0.2) is 79.1 Å². The van der Waals surface area contributed by atoms with Gasteiger partial charge in [0.2, 0.25) is 11.8 Å². The monoisotopic (exact) mass is 528 g/mol. The number of carbonyl (C=O) groups excluding carboxylic acids is 2. The Morgan fingerprint density at radius 1 is 1.03 bits per heavy atom. The van der Waals surface area contributed by atoms with E-state index in [1.165, 1.54) is 46.3 Å². The van der Waals surface area contributed by atoms with Gasteiger partial charge in [-0.25, -0.2) is 4.79 Å². The van der Waals surface area contributed by atoms with E-state index in [0.29, 0.717) is 28.4 Å². The van der Waals surface area contributed by atoms with E-state index in [1.807, 2.05) is 24.3 Å². The highest BCUT2D eigenvalue weighted by atomic mass is 35.5. The van der Waals surface area contributed by atoms with Gasteiger partial charge in [0.25, 0.3) is 0 Å². The minimum atomic E-state index is -1.06. The second-order valence-corrected chi connectivity index (χ2v) is 9.05. The first kappa shape index (κ1) is 24.8. The Kier molecular flexibility index (Phi) is 6.96. The summed E-state index contributed by atoms with van der Waals surface area (Å²) in [6.45, 7) is 0.255. The number of fused-ring (bicyclic) bond motifs is 1. The van der Waals surface area contributed by atoms with Gasteiger partial charge < -0.3 is 15.3 Å². The van der Waals surface area contributed by atoms with Gasteiger partial charge in [-0.05, 0) is 70.1 Å². The molecule has 0 saturated carbocycles. The Hall–Kier alpha value is -4.83. The van der Waals surface area contributed by atoms with Crippen LogP contribution in [0.25, 0.3) is 11.8 Å². The molecule has 0 saturated heterocycles. The molecule has 0 aliphatic carbocycles. The molecule has 2 amide bonds. The number of anilines is 1. The molecule has 10 nitrogen and oxygen atoms in total. The summed E-state index contributed by atoms with van der Waals surface area (Å²) in [7, 11) is 0. The molecule has 2 heterocycles. The van der Waals surface area contributed by atoms with Crippen molar-refractivity contribution >= 4 is 41.1 Å². The zero-order chi connectivity index (χ0) is 26.6. The predicted molar refractivity (Wildman–Crippen MR) is 140 cm³/mol. The van der Waals surface area contributed by atoms with Crippen LogP contribution >= 0.6 is 11.6 Å². The van der Waals surface area contributed by atoms with Crippen molar-refractivity contribution in [3.8, 4) is 5.69 Å². The topological polar surface area (TPSA) is 130 Å². The van der Waals surface area contributed by atoms with E-state index in [-0.39, 0.29) is 23.9 Å². The summed E-state index contributed by atoms with van der Waals surface area (Å²) < 4.78 is 1.46. The number of hydrogen-bond donors (Lipinski definition) is 2. The first-order valence-electron chi connectivity index (χ1n) is 11.6. The van der Waals surface area contributed by atoms with Crippen molar-refractivity contribution in [2.45, 2.75) is 19.0 Å². The van der Waals surface area contributed by atoms with Gasteiger partial charge in [0, 0.05) is 35.3 Å². The summed E-state index contributed by atoms with van der Waals surface area (Å²) in [6, 6.07) is 17.9. The van der Waals surface area contributed by atoms with Crippen LogP contribution in [0, 0.1) is 0 Å². The van der Waals surface area contributed by atoms with Crippen molar-refractivity contribution in [3.63, 3.8) is 0 Å². The molecule has 1 unspecified atom stereocenters. The van der Waals surface area contributed by atoms with Gasteiger partial charge >= 0.3 is 5.97 Å². The van der Waals surface area contributed by atoms with Crippen molar-refractivity contribution in [3.05, 3.63) is 106 Å². The standard InChI is InChI=1S/C27H21ClN6O4/c28-21-8-11-23(34-16-29-31-32-34)19(13-21)7-12-25(35)33-15-20-4-2-1-3-18(20)14-24(33)26(36)30-22-9-5-17(6-10-22)27(37)38/h1-13,16,24H,14-15H2,(H,30,36)(H,37,38)/b12-7+. The second kappa shape index (κ2) is 10.7. The number of amides is 2. The zero-order valence-corrected chi connectivity index (χ0v) is 20.6. The highest BCUT2D eigenvalue weighted by molar-refractivity contribution is 6.30. The number of aromatic nitrogens is 4. The molecule has 1 atom stereocenters. The molecule has 4 aromatic rings. The summed E-state index contributed by atoms with van der Waals surface area (Å²) in [5.41, 5.74) is 3.74. The van der Waals surface area contributed by atoms with Crippen LogP contribution < -0.4 is 5.32 Å². The fourth-order valence-electron chi connectivity index (χ4n) is 4.31. The Balaban J connectivity index is 1.41. The van der Waals surface area contributed by atoms with Crippen molar-refractivity contribution in [1.29, 1.82) is 0 Å². The Bertz CT molecular complexity index is 1540. The largest absolute Gasteiger partial charge is 0.478 e. The molecule has 0 fully saturated rings. The number of carboxylic acids is 1. The normalized spacial score (nSPS) is 14.8. The molecule has 0 radical (unpaired) electrons. The first-order chi connectivity index (χ1) is 18.4. The maximum atomic E-state index is 13.5. The number of aromatic carboxylic acids is 1. The number of carbonyl (C=O) groups is 3. The number of hydrogen-bond acceptors (Lipinski definition) is 6. The Morgan fingerprint density at radius 3 is 2.50 bits per heavy atom. The number of nitrogens with zero attached hydrogens (tertiary/aromatic N) is 5. The zero-order valence-electron chi connectivity index (χ0n) is 19.9. The minimum Gasteiger partial charge on any atom is -0.478 e. The van der Waals surface area contributed by atoms with Gasteiger partial charge in [-0.15, -0.1) is 5.10 Å². The average Bonchev–Trinajstić information content (AvgIpc) is 3.46. The summed E-state index contributed by atoms with van der Waals surface area (Å²) in [6.07, 6.45) is 4.79. The van der Waals surface area contributed by atoms with E-state index in [4.69, 9.17) is 16.7 Å². The molecule has 1 aliphatic heterocycles. The van der Waals surface area contributed by atoms with Gasteiger partial charge in [-0.3, -0.25) is 9.59 Å². The van der Waals surface area contributed by atoms with Crippen LogP contribution in [0.1, 0.15) is 27.0 Å². The number of halogens is 1. The molecule has 0 bridgehead atoms.